The van der Waals surface area contributed by atoms with Crippen molar-refractivity contribution in [3.05, 3.63) is 34.4 Å². The summed E-state index contributed by atoms with van der Waals surface area (Å²) in [6.07, 6.45) is 0.0113. The second-order valence-corrected chi connectivity index (χ2v) is 4.36. The number of benzene rings is 1. The number of nitrogens with zero attached hydrogens (tertiary/aromatic N) is 1. The Hall–Kier alpha value is -1.69. The van der Waals surface area contributed by atoms with Gasteiger partial charge in [0.05, 0.1) is 24.1 Å². The number of halogens is 3. The highest BCUT2D eigenvalue weighted by molar-refractivity contribution is 6.33. The smallest absolute Gasteiger partial charge is 0.307 e. The maximum absolute atomic E-state index is 13.2. The van der Waals surface area contributed by atoms with Crippen LogP contribution in [0.25, 0.3) is 0 Å². The van der Waals surface area contributed by atoms with Gasteiger partial charge in [-0.05, 0) is 19.1 Å². The lowest BCUT2D eigenvalue weighted by molar-refractivity contribution is -0.140. The van der Waals surface area contributed by atoms with Crippen LogP contribution in [0.1, 0.15) is 23.7 Å². The fourth-order valence-corrected chi connectivity index (χ4v) is 1.82. The molecular weight excluding hydrogens is 292 g/mol. The quantitative estimate of drug-likeness (QED) is 0.620. The highest BCUT2D eigenvalue weighted by Gasteiger charge is 2.20. The van der Waals surface area contributed by atoms with E-state index in [9.17, 15) is 18.4 Å². The Kier molecular flexibility index (Phi) is 5.88. The molecule has 7 heteroatoms. The van der Waals surface area contributed by atoms with Gasteiger partial charge in [0, 0.05) is 13.1 Å². The van der Waals surface area contributed by atoms with Crippen LogP contribution in [0.3, 0.4) is 0 Å². The Morgan fingerprint density at radius 3 is 2.45 bits per heavy atom. The molecule has 0 N–H and O–H groups in total. The summed E-state index contributed by atoms with van der Waals surface area (Å²) in [6, 6.07) is 1.50. The Bertz CT molecular complexity index is 523. The van der Waals surface area contributed by atoms with Crippen LogP contribution in [-0.4, -0.2) is 37.0 Å². The minimum absolute atomic E-state index is 0.0113. The van der Waals surface area contributed by atoms with Crippen molar-refractivity contribution < 1.29 is 23.1 Å². The SMILES string of the molecule is CCN(CCC(=O)OC)C(=O)c1cc(F)c(F)cc1Cl. The number of ether oxygens (including phenoxy) is 1. The zero-order valence-corrected chi connectivity index (χ0v) is 11.8. The molecule has 4 nitrogen and oxygen atoms in total. The van der Waals surface area contributed by atoms with Crippen molar-refractivity contribution in [1.82, 2.24) is 4.90 Å². The van der Waals surface area contributed by atoms with Gasteiger partial charge in [-0.25, -0.2) is 8.78 Å². The number of hydrogen-bond acceptors (Lipinski definition) is 3. The van der Waals surface area contributed by atoms with Gasteiger partial charge in [-0.3, -0.25) is 9.59 Å². The van der Waals surface area contributed by atoms with E-state index in [1.54, 1.807) is 6.92 Å². The van der Waals surface area contributed by atoms with E-state index in [1.165, 1.54) is 12.0 Å². The van der Waals surface area contributed by atoms with Gasteiger partial charge in [0.15, 0.2) is 11.6 Å². The Balaban J connectivity index is 2.91. The van der Waals surface area contributed by atoms with Crippen molar-refractivity contribution in [2.45, 2.75) is 13.3 Å². The van der Waals surface area contributed by atoms with E-state index in [0.717, 1.165) is 12.1 Å². The summed E-state index contributed by atoms with van der Waals surface area (Å²) in [5.74, 6) is -3.31. The number of amides is 1. The fourth-order valence-electron chi connectivity index (χ4n) is 1.59. The van der Waals surface area contributed by atoms with Crippen molar-refractivity contribution in [3.63, 3.8) is 0 Å². The van der Waals surface area contributed by atoms with E-state index in [0.29, 0.717) is 6.54 Å². The van der Waals surface area contributed by atoms with Crippen LogP contribution < -0.4 is 0 Å². The molecule has 0 aliphatic heterocycles. The highest BCUT2D eigenvalue weighted by Crippen LogP contribution is 2.21. The van der Waals surface area contributed by atoms with Crippen LogP contribution in [0.2, 0.25) is 5.02 Å². The van der Waals surface area contributed by atoms with Crippen molar-refractivity contribution in [2.24, 2.45) is 0 Å². The number of carbonyl (C=O) groups is 2. The lowest BCUT2D eigenvalue weighted by Crippen LogP contribution is -2.33. The number of esters is 1. The molecule has 0 radical (unpaired) electrons. The van der Waals surface area contributed by atoms with Gasteiger partial charge in [-0.1, -0.05) is 11.6 Å². The number of methoxy groups -OCH3 is 1. The van der Waals surface area contributed by atoms with Crippen LogP contribution in [-0.2, 0) is 9.53 Å². The normalized spacial score (nSPS) is 10.2. The van der Waals surface area contributed by atoms with Gasteiger partial charge in [0.2, 0.25) is 0 Å². The van der Waals surface area contributed by atoms with Crippen LogP contribution in [0.4, 0.5) is 8.78 Å². The summed E-state index contributed by atoms with van der Waals surface area (Å²) in [5.41, 5.74) is -0.141. The van der Waals surface area contributed by atoms with Crippen molar-refractivity contribution in [1.29, 1.82) is 0 Å². The number of hydrogen-bond donors (Lipinski definition) is 0. The molecule has 1 amide bonds. The Labute approximate surface area is 120 Å². The highest BCUT2D eigenvalue weighted by atomic mass is 35.5. The summed E-state index contributed by atoms with van der Waals surface area (Å²) in [6.45, 7) is 2.10. The van der Waals surface area contributed by atoms with Crippen molar-refractivity contribution in [3.8, 4) is 0 Å². The third-order valence-electron chi connectivity index (χ3n) is 2.72. The molecule has 0 fully saturated rings. The maximum atomic E-state index is 13.2. The molecule has 0 spiro atoms. The molecule has 0 aromatic heterocycles. The maximum Gasteiger partial charge on any atom is 0.307 e. The van der Waals surface area contributed by atoms with Crippen LogP contribution in [0, 0.1) is 11.6 Å². The third kappa shape index (κ3) is 3.90. The molecule has 0 aliphatic rings. The lowest BCUT2D eigenvalue weighted by atomic mass is 10.1. The lowest BCUT2D eigenvalue weighted by Gasteiger charge is -2.21. The standard InChI is InChI=1S/C13H14ClF2NO3/c1-3-17(5-4-12(18)20-2)13(19)8-6-10(15)11(16)7-9(8)14/h6-7H,3-5H2,1-2H3. The van der Waals surface area contributed by atoms with E-state index < -0.39 is 23.5 Å². The summed E-state index contributed by atoms with van der Waals surface area (Å²) >= 11 is 5.74. The summed E-state index contributed by atoms with van der Waals surface area (Å²) < 4.78 is 30.6. The average molecular weight is 306 g/mol. The Morgan fingerprint density at radius 2 is 1.90 bits per heavy atom. The minimum Gasteiger partial charge on any atom is -0.469 e. The van der Waals surface area contributed by atoms with E-state index in [4.69, 9.17) is 11.6 Å². The van der Waals surface area contributed by atoms with Gasteiger partial charge < -0.3 is 9.64 Å². The molecular formula is C13H14ClF2NO3. The predicted octanol–water partition coefficient (Wildman–Crippen LogP) is 2.64. The molecule has 0 atom stereocenters. The zero-order valence-electron chi connectivity index (χ0n) is 11.1. The first-order valence-electron chi connectivity index (χ1n) is 5.91. The van der Waals surface area contributed by atoms with E-state index in [2.05, 4.69) is 4.74 Å². The molecule has 20 heavy (non-hydrogen) atoms. The molecule has 0 heterocycles. The van der Waals surface area contributed by atoms with Crippen molar-refractivity contribution >= 4 is 23.5 Å². The van der Waals surface area contributed by atoms with E-state index >= 15 is 0 Å². The molecule has 0 bridgehead atoms. The average Bonchev–Trinajstić information content (AvgIpc) is 2.42. The summed E-state index contributed by atoms with van der Waals surface area (Å²) in [7, 11) is 1.24. The van der Waals surface area contributed by atoms with Crippen molar-refractivity contribution in [2.75, 3.05) is 20.2 Å². The van der Waals surface area contributed by atoms with E-state index in [-0.39, 0.29) is 23.6 Å². The van der Waals surface area contributed by atoms with Gasteiger partial charge in [-0.2, -0.15) is 0 Å². The van der Waals surface area contributed by atoms with Crippen LogP contribution in [0.15, 0.2) is 12.1 Å². The second kappa shape index (κ2) is 7.19. The van der Waals surface area contributed by atoms with Gasteiger partial charge in [0.1, 0.15) is 0 Å². The Morgan fingerprint density at radius 1 is 1.30 bits per heavy atom. The summed E-state index contributed by atoms with van der Waals surface area (Å²) in [4.78, 5) is 24.5. The fraction of sp³-hybridized carbons (Fsp3) is 0.385. The molecule has 110 valence electrons. The first-order chi connectivity index (χ1) is 9.40. The molecule has 0 saturated heterocycles. The minimum atomic E-state index is -1.15. The third-order valence-corrected chi connectivity index (χ3v) is 3.04. The van der Waals surface area contributed by atoms with Crippen LogP contribution in [0.5, 0.6) is 0 Å². The largest absolute Gasteiger partial charge is 0.469 e. The molecule has 0 aliphatic carbocycles. The number of rotatable bonds is 5. The molecule has 1 aromatic carbocycles. The van der Waals surface area contributed by atoms with Gasteiger partial charge in [-0.15, -0.1) is 0 Å². The molecule has 0 unspecified atom stereocenters. The van der Waals surface area contributed by atoms with Crippen LogP contribution >= 0.6 is 11.6 Å². The predicted molar refractivity (Wildman–Crippen MR) is 69.6 cm³/mol. The van der Waals surface area contributed by atoms with E-state index in [1.807, 2.05) is 0 Å². The van der Waals surface area contributed by atoms with Gasteiger partial charge in [0.25, 0.3) is 5.91 Å². The monoisotopic (exact) mass is 305 g/mol. The molecule has 1 aromatic rings. The first-order valence-corrected chi connectivity index (χ1v) is 6.29. The summed E-state index contributed by atoms with van der Waals surface area (Å²) in [5, 5.41) is -0.176. The molecule has 0 saturated carbocycles. The second-order valence-electron chi connectivity index (χ2n) is 3.96. The zero-order chi connectivity index (χ0) is 15.3. The van der Waals surface area contributed by atoms with Gasteiger partial charge >= 0.3 is 5.97 Å². The number of carbonyl (C=O) groups excluding carboxylic acids is 2. The molecule has 1 rings (SSSR count). The first kappa shape index (κ1) is 16.4. The topological polar surface area (TPSA) is 46.6 Å².